The van der Waals surface area contributed by atoms with Crippen LogP contribution >= 0.6 is 0 Å². The van der Waals surface area contributed by atoms with E-state index in [1.165, 1.54) is 11.6 Å². The quantitative estimate of drug-likeness (QED) is 0.380. The highest BCUT2D eigenvalue weighted by molar-refractivity contribution is 6.00. The van der Waals surface area contributed by atoms with Crippen molar-refractivity contribution in [3.63, 3.8) is 0 Å². The first-order valence-electron chi connectivity index (χ1n) is 14.6. The van der Waals surface area contributed by atoms with E-state index >= 15 is 0 Å². The number of carbonyl (C=O) groups excluding carboxylic acids is 2. The molecule has 11 heteroatoms. The Morgan fingerprint density at radius 1 is 1.02 bits per heavy atom. The molecular formula is C32H33N7O4. The van der Waals surface area contributed by atoms with Crippen LogP contribution in [0.25, 0.3) is 5.65 Å². The number of rotatable bonds is 5. The standard InChI is InChI=1S/C32H33N7O4/c1-20-16-22(36-15-13-31(2,19-36)21-8-5-4-6-9-21)18-38-28(20)34-27(35-38)29(41)37-14-12-24-32(37,3)17-26(40)39(24)25-11-7-10-23(33-25)30(42)43/h4-11,16,18,24H,12-15,17,19H2,1-3H3,(H,42,43)/t24-,31-,32-/m0/s1. The second-order valence-corrected chi connectivity index (χ2v) is 12.4. The van der Waals surface area contributed by atoms with Crippen LogP contribution in [0.2, 0.25) is 0 Å². The lowest BCUT2D eigenvalue weighted by molar-refractivity contribution is -0.118. The van der Waals surface area contributed by atoms with Crippen molar-refractivity contribution in [2.24, 2.45) is 0 Å². The number of aromatic carboxylic acids is 1. The van der Waals surface area contributed by atoms with E-state index in [0.29, 0.717) is 18.6 Å². The first kappa shape index (κ1) is 27.1. The van der Waals surface area contributed by atoms with Crippen molar-refractivity contribution in [1.82, 2.24) is 24.5 Å². The molecule has 0 aliphatic carbocycles. The van der Waals surface area contributed by atoms with Crippen LogP contribution in [-0.2, 0) is 10.2 Å². The third-order valence-electron chi connectivity index (χ3n) is 9.60. The molecule has 43 heavy (non-hydrogen) atoms. The summed E-state index contributed by atoms with van der Waals surface area (Å²) in [6, 6.07) is 17.0. The molecule has 3 aromatic heterocycles. The van der Waals surface area contributed by atoms with E-state index in [-0.39, 0.29) is 47.0 Å². The zero-order valence-corrected chi connectivity index (χ0v) is 24.4. The SMILES string of the molecule is Cc1cc(N2CC[C@](C)(c3ccccc3)C2)cn2nc(C(=O)N3CC[C@@H]4N(c5cccc(C(=O)O)n5)C(=O)C[C@@]43C)nc12. The number of fused-ring (bicyclic) bond motifs is 2. The van der Waals surface area contributed by atoms with Crippen molar-refractivity contribution in [2.75, 3.05) is 29.4 Å². The fourth-order valence-corrected chi connectivity index (χ4v) is 7.25. The van der Waals surface area contributed by atoms with Crippen LogP contribution in [0.5, 0.6) is 0 Å². The molecule has 0 radical (unpaired) electrons. The molecule has 11 nitrogen and oxygen atoms in total. The highest BCUT2D eigenvalue weighted by Crippen LogP contribution is 2.44. The number of aryl methyl sites for hydroxylation is 1. The van der Waals surface area contributed by atoms with Crippen molar-refractivity contribution >= 4 is 34.9 Å². The molecule has 1 aromatic carbocycles. The summed E-state index contributed by atoms with van der Waals surface area (Å²) in [6.45, 7) is 8.40. The maximum Gasteiger partial charge on any atom is 0.354 e. The number of likely N-dealkylation sites (tertiary alicyclic amines) is 1. The van der Waals surface area contributed by atoms with Gasteiger partial charge in [-0.3, -0.25) is 14.5 Å². The normalized spacial score (nSPS) is 25.1. The van der Waals surface area contributed by atoms with Gasteiger partial charge in [-0.1, -0.05) is 43.3 Å². The topological polar surface area (TPSA) is 124 Å². The molecule has 220 valence electrons. The lowest BCUT2D eigenvalue weighted by Gasteiger charge is -2.34. The molecule has 3 saturated heterocycles. The van der Waals surface area contributed by atoms with Crippen molar-refractivity contribution in [3.05, 3.63) is 83.4 Å². The number of hydrogen-bond donors (Lipinski definition) is 1. The van der Waals surface area contributed by atoms with E-state index in [1.807, 2.05) is 26.1 Å². The molecule has 7 rings (SSSR count). The van der Waals surface area contributed by atoms with Crippen LogP contribution in [0.15, 0.2) is 60.8 Å². The number of carboxylic acids is 1. The first-order chi connectivity index (χ1) is 20.6. The Morgan fingerprint density at radius 2 is 1.81 bits per heavy atom. The lowest BCUT2D eigenvalue weighted by atomic mass is 9.82. The molecule has 3 fully saturated rings. The predicted molar refractivity (Wildman–Crippen MR) is 159 cm³/mol. The van der Waals surface area contributed by atoms with E-state index in [0.717, 1.165) is 30.8 Å². The summed E-state index contributed by atoms with van der Waals surface area (Å²) in [5.74, 6) is -1.31. The van der Waals surface area contributed by atoms with Gasteiger partial charge in [-0.05, 0) is 56.0 Å². The number of hydrogen-bond acceptors (Lipinski definition) is 7. The molecule has 1 N–H and O–H groups in total. The lowest BCUT2D eigenvalue weighted by Crippen LogP contribution is -2.50. The predicted octanol–water partition coefficient (Wildman–Crippen LogP) is 3.71. The van der Waals surface area contributed by atoms with Crippen molar-refractivity contribution in [2.45, 2.75) is 57.0 Å². The maximum atomic E-state index is 13.9. The van der Waals surface area contributed by atoms with Crippen LogP contribution in [0, 0.1) is 6.92 Å². The van der Waals surface area contributed by atoms with E-state index < -0.39 is 11.5 Å². The molecule has 0 bridgehead atoms. The molecule has 4 aromatic rings. The zero-order chi connectivity index (χ0) is 30.1. The van der Waals surface area contributed by atoms with Gasteiger partial charge >= 0.3 is 5.97 Å². The van der Waals surface area contributed by atoms with Gasteiger partial charge in [0.25, 0.3) is 5.91 Å². The molecule has 3 aliphatic heterocycles. The minimum absolute atomic E-state index is 0.0480. The summed E-state index contributed by atoms with van der Waals surface area (Å²) in [5.41, 5.74) is 3.03. The Kier molecular flexibility index (Phi) is 6.05. The Bertz CT molecular complexity index is 1790. The van der Waals surface area contributed by atoms with Crippen LogP contribution in [0.1, 0.15) is 65.3 Å². The number of amides is 2. The highest BCUT2D eigenvalue weighted by Gasteiger charge is 2.58. The van der Waals surface area contributed by atoms with Gasteiger partial charge in [-0.15, -0.1) is 5.10 Å². The molecule has 0 unspecified atom stereocenters. The van der Waals surface area contributed by atoms with Gasteiger partial charge in [0.1, 0.15) is 5.82 Å². The summed E-state index contributed by atoms with van der Waals surface area (Å²) in [7, 11) is 0. The smallest absolute Gasteiger partial charge is 0.354 e. The van der Waals surface area contributed by atoms with E-state index in [2.05, 4.69) is 57.2 Å². The van der Waals surface area contributed by atoms with Gasteiger partial charge < -0.3 is 14.9 Å². The Morgan fingerprint density at radius 3 is 2.58 bits per heavy atom. The van der Waals surface area contributed by atoms with Crippen LogP contribution in [0.4, 0.5) is 11.5 Å². The van der Waals surface area contributed by atoms with Crippen molar-refractivity contribution in [1.29, 1.82) is 0 Å². The van der Waals surface area contributed by atoms with Gasteiger partial charge in [-0.25, -0.2) is 19.3 Å². The summed E-state index contributed by atoms with van der Waals surface area (Å²) >= 11 is 0. The Hall–Kier alpha value is -4.80. The molecule has 3 aliphatic rings. The summed E-state index contributed by atoms with van der Waals surface area (Å²) in [6.07, 6.45) is 3.63. The molecule has 0 saturated carbocycles. The second kappa shape index (κ2) is 9.62. The van der Waals surface area contributed by atoms with Crippen molar-refractivity contribution in [3.8, 4) is 0 Å². The fourth-order valence-electron chi connectivity index (χ4n) is 7.25. The van der Waals surface area contributed by atoms with Gasteiger partial charge in [0.2, 0.25) is 11.7 Å². The minimum Gasteiger partial charge on any atom is -0.477 e. The third-order valence-corrected chi connectivity index (χ3v) is 9.60. The number of anilines is 2. The number of carbonyl (C=O) groups is 3. The third kappa shape index (κ3) is 4.25. The number of nitrogens with zero attached hydrogens (tertiary/aromatic N) is 7. The largest absolute Gasteiger partial charge is 0.477 e. The van der Waals surface area contributed by atoms with Gasteiger partial charge in [0, 0.05) is 25.0 Å². The monoisotopic (exact) mass is 579 g/mol. The maximum absolute atomic E-state index is 13.9. The first-order valence-corrected chi connectivity index (χ1v) is 14.6. The number of pyridine rings is 2. The van der Waals surface area contributed by atoms with Crippen LogP contribution in [-0.4, -0.2) is 78.6 Å². The Balaban J connectivity index is 1.14. The average Bonchev–Trinajstić information content (AvgIpc) is 3.74. The number of carboxylic acid groups (broad SMARTS) is 1. The zero-order valence-electron chi connectivity index (χ0n) is 24.4. The molecule has 2 amide bonds. The van der Waals surface area contributed by atoms with Crippen LogP contribution in [0.3, 0.4) is 0 Å². The van der Waals surface area contributed by atoms with Gasteiger partial charge in [0.05, 0.1) is 29.9 Å². The van der Waals surface area contributed by atoms with Gasteiger partial charge in [0.15, 0.2) is 11.3 Å². The second-order valence-electron chi connectivity index (χ2n) is 12.4. The summed E-state index contributed by atoms with van der Waals surface area (Å²) in [5, 5.41) is 14.0. The Labute approximate surface area is 248 Å². The summed E-state index contributed by atoms with van der Waals surface area (Å²) < 4.78 is 1.69. The van der Waals surface area contributed by atoms with Crippen molar-refractivity contribution < 1.29 is 19.5 Å². The molecule has 0 spiro atoms. The van der Waals surface area contributed by atoms with E-state index in [1.54, 1.807) is 26.4 Å². The summed E-state index contributed by atoms with van der Waals surface area (Å²) in [4.78, 5) is 53.1. The van der Waals surface area contributed by atoms with Crippen LogP contribution < -0.4 is 9.80 Å². The highest BCUT2D eigenvalue weighted by atomic mass is 16.4. The number of aromatic nitrogens is 4. The minimum atomic E-state index is -1.16. The average molecular weight is 580 g/mol. The molecule has 3 atom stereocenters. The number of benzene rings is 1. The fraction of sp³-hybridized carbons (Fsp3) is 0.375. The van der Waals surface area contributed by atoms with E-state index in [9.17, 15) is 19.5 Å². The van der Waals surface area contributed by atoms with E-state index in [4.69, 9.17) is 0 Å². The van der Waals surface area contributed by atoms with Gasteiger partial charge in [-0.2, -0.15) is 0 Å². The molecular weight excluding hydrogens is 546 g/mol. The molecule has 6 heterocycles.